The predicted octanol–water partition coefficient (Wildman–Crippen LogP) is 4.94. The average molecular weight is 486 g/mol. The highest BCUT2D eigenvalue weighted by molar-refractivity contribution is 7.89. The largest absolute Gasteiger partial charge is 0.495 e. The molecule has 2 aromatic carbocycles. The lowest BCUT2D eigenvalue weighted by atomic mass is 10.1. The molecule has 0 bridgehead atoms. The molecular formula is C24H27N3O4S2. The fourth-order valence-electron chi connectivity index (χ4n) is 4.03. The van der Waals surface area contributed by atoms with Gasteiger partial charge in [-0.3, -0.25) is 4.79 Å². The summed E-state index contributed by atoms with van der Waals surface area (Å²) in [5, 5.41) is 5.80. The maximum Gasteiger partial charge on any atom is 0.255 e. The van der Waals surface area contributed by atoms with Gasteiger partial charge in [0.15, 0.2) is 0 Å². The van der Waals surface area contributed by atoms with Crippen molar-refractivity contribution < 1.29 is 17.9 Å². The summed E-state index contributed by atoms with van der Waals surface area (Å²) in [6, 6.07) is 11.8. The quantitative estimate of drug-likeness (QED) is 0.534. The summed E-state index contributed by atoms with van der Waals surface area (Å²) in [4.78, 5) is 17.5. The summed E-state index contributed by atoms with van der Waals surface area (Å²) in [7, 11) is -2.37. The highest BCUT2D eigenvalue weighted by Gasteiger charge is 2.33. The van der Waals surface area contributed by atoms with Gasteiger partial charge in [-0.05, 0) is 57.0 Å². The van der Waals surface area contributed by atoms with Crippen LogP contribution in [-0.2, 0) is 10.0 Å². The Morgan fingerprint density at radius 3 is 2.73 bits per heavy atom. The number of carbonyl (C=O) groups is 1. The topological polar surface area (TPSA) is 88.6 Å². The van der Waals surface area contributed by atoms with Gasteiger partial charge in [0, 0.05) is 34.8 Å². The zero-order valence-corrected chi connectivity index (χ0v) is 20.5. The van der Waals surface area contributed by atoms with Crippen LogP contribution in [0.4, 0.5) is 5.69 Å². The lowest BCUT2D eigenvalue weighted by Crippen LogP contribution is -2.42. The van der Waals surface area contributed by atoms with Crippen LogP contribution in [0.5, 0.6) is 5.75 Å². The van der Waals surface area contributed by atoms with E-state index in [0.29, 0.717) is 12.2 Å². The Balaban J connectivity index is 1.62. The highest BCUT2D eigenvalue weighted by atomic mass is 32.2. The van der Waals surface area contributed by atoms with Crippen molar-refractivity contribution in [2.45, 2.75) is 44.0 Å². The molecule has 0 spiro atoms. The first kappa shape index (κ1) is 23.4. The second-order valence-corrected chi connectivity index (χ2v) is 11.0. The Bertz CT molecular complexity index is 1270. The van der Waals surface area contributed by atoms with E-state index < -0.39 is 15.9 Å². The van der Waals surface area contributed by atoms with Crippen LogP contribution in [0.2, 0.25) is 0 Å². The molecule has 1 saturated heterocycles. The lowest BCUT2D eigenvalue weighted by molar-refractivity contribution is 0.102. The molecule has 1 fully saturated rings. The number of aromatic nitrogens is 1. The second kappa shape index (κ2) is 9.62. The number of nitrogens with one attached hydrogen (secondary N) is 1. The Kier molecular flexibility index (Phi) is 6.83. The minimum absolute atomic E-state index is 0.0121. The van der Waals surface area contributed by atoms with Crippen LogP contribution in [-0.4, -0.2) is 43.3 Å². The minimum Gasteiger partial charge on any atom is -0.495 e. The summed E-state index contributed by atoms with van der Waals surface area (Å²) in [6.45, 7) is 4.32. The molecule has 1 atom stereocenters. The van der Waals surface area contributed by atoms with Gasteiger partial charge in [0.25, 0.3) is 5.91 Å². The van der Waals surface area contributed by atoms with Gasteiger partial charge in [-0.15, -0.1) is 11.3 Å². The van der Waals surface area contributed by atoms with Crippen molar-refractivity contribution in [2.75, 3.05) is 19.0 Å². The Morgan fingerprint density at radius 1 is 1.21 bits per heavy atom. The normalized spacial score (nSPS) is 17.0. The average Bonchev–Trinajstić information content (AvgIpc) is 3.25. The molecule has 7 nitrogen and oxygen atoms in total. The van der Waals surface area contributed by atoms with Crippen LogP contribution in [0.1, 0.15) is 41.6 Å². The van der Waals surface area contributed by atoms with Crippen molar-refractivity contribution in [3.63, 3.8) is 0 Å². The number of carbonyl (C=O) groups excluding carboxylic acids is 1. The molecule has 9 heteroatoms. The Labute approximate surface area is 198 Å². The third-order valence-corrected chi connectivity index (χ3v) is 8.60. The Hall–Kier alpha value is -2.75. The molecule has 0 aliphatic carbocycles. The van der Waals surface area contributed by atoms with E-state index in [-0.39, 0.29) is 22.3 Å². The van der Waals surface area contributed by atoms with Gasteiger partial charge in [-0.2, -0.15) is 4.31 Å². The Morgan fingerprint density at radius 2 is 2.03 bits per heavy atom. The van der Waals surface area contributed by atoms with E-state index in [2.05, 4.69) is 10.3 Å². The molecule has 3 aromatic rings. The fraction of sp³-hybridized carbons (Fsp3) is 0.333. The van der Waals surface area contributed by atoms with Crippen molar-refractivity contribution in [1.82, 2.24) is 9.29 Å². The van der Waals surface area contributed by atoms with Gasteiger partial charge in [-0.25, -0.2) is 13.4 Å². The molecule has 1 amide bonds. The molecule has 0 radical (unpaired) electrons. The highest BCUT2D eigenvalue weighted by Crippen LogP contribution is 2.32. The van der Waals surface area contributed by atoms with Gasteiger partial charge < -0.3 is 10.1 Å². The van der Waals surface area contributed by atoms with Crippen LogP contribution in [0.15, 0.2) is 52.7 Å². The maximum atomic E-state index is 13.4. The maximum absolute atomic E-state index is 13.4. The number of piperidine rings is 1. The number of ether oxygens (including phenoxy) is 1. The first-order chi connectivity index (χ1) is 15.8. The number of benzene rings is 2. The number of sulfonamides is 1. The van der Waals surface area contributed by atoms with Crippen LogP contribution in [0, 0.1) is 6.92 Å². The number of amides is 1. The molecule has 174 valence electrons. The van der Waals surface area contributed by atoms with Crippen molar-refractivity contribution in [3.8, 4) is 17.0 Å². The van der Waals surface area contributed by atoms with E-state index in [1.54, 1.807) is 23.5 Å². The van der Waals surface area contributed by atoms with Crippen LogP contribution >= 0.6 is 11.3 Å². The van der Waals surface area contributed by atoms with Gasteiger partial charge in [0.05, 0.1) is 17.8 Å². The van der Waals surface area contributed by atoms with Gasteiger partial charge in [0.2, 0.25) is 10.0 Å². The monoisotopic (exact) mass is 485 g/mol. The summed E-state index contributed by atoms with van der Waals surface area (Å²) >= 11 is 1.56. The van der Waals surface area contributed by atoms with Crippen molar-refractivity contribution in [1.29, 1.82) is 0 Å². The molecule has 1 aromatic heterocycles. The predicted molar refractivity (Wildman–Crippen MR) is 130 cm³/mol. The smallest absolute Gasteiger partial charge is 0.255 e. The number of hydrogen-bond donors (Lipinski definition) is 1. The molecule has 2 heterocycles. The van der Waals surface area contributed by atoms with E-state index in [1.807, 2.05) is 37.4 Å². The van der Waals surface area contributed by atoms with Crippen molar-refractivity contribution in [2.24, 2.45) is 0 Å². The minimum atomic E-state index is -3.80. The number of aryl methyl sites for hydroxylation is 1. The number of nitrogens with zero attached hydrogens (tertiary/aromatic N) is 2. The molecule has 1 N–H and O–H groups in total. The molecule has 4 rings (SSSR count). The summed E-state index contributed by atoms with van der Waals surface area (Å²) in [5.41, 5.74) is 2.60. The summed E-state index contributed by atoms with van der Waals surface area (Å²) in [6.07, 6.45) is 2.64. The molecule has 0 saturated carbocycles. The van der Waals surface area contributed by atoms with Crippen molar-refractivity contribution in [3.05, 3.63) is 58.4 Å². The zero-order chi connectivity index (χ0) is 23.6. The standard InChI is InChI=1S/C24H27N3O4S2/c1-16-7-4-5-12-27(16)33(29,30)23-14-19(10-11-22(23)31-3)24(28)26-20-9-6-8-18(13-20)21-15-32-17(2)25-21/h6,8-11,13-16H,4-5,7,12H2,1-3H3,(H,26,28). The zero-order valence-electron chi connectivity index (χ0n) is 18.9. The molecule has 1 aliphatic rings. The van der Waals surface area contributed by atoms with Crippen LogP contribution < -0.4 is 10.1 Å². The van der Waals surface area contributed by atoms with E-state index in [9.17, 15) is 13.2 Å². The number of thiazole rings is 1. The van der Waals surface area contributed by atoms with Gasteiger partial charge in [0.1, 0.15) is 10.6 Å². The first-order valence-electron chi connectivity index (χ1n) is 10.8. The van der Waals surface area contributed by atoms with Gasteiger partial charge >= 0.3 is 0 Å². The number of hydrogen-bond acceptors (Lipinski definition) is 6. The van der Waals surface area contributed by atoms with E-state index >= 15 is 0 Å². The lowest BCUT2D eigenvalue weighted by Gasteiger charge is -2.32. The summed E-state index contributed by atoms with van der Waals surface area (Å²) < 4.78 is 33.7. The van der Waals surface area contributed by atoms with Crippen LogP contribution in [0.25, 0.3) is 11.3 Å². The first-order valence-corrected chi connectivity index (χ1v) is 13.2. The second-order valence-electron chi connectivity index (χ2n) is 8.11. The van der Waals surface area contributed by atoms with E-state index in [4.69, 9.17) is 4.74 Å². The summed E-state index contributed by atoms with van der Waals surface area (Å²) in [5.74, 6) is -0.169. The molecule has 33 heavy (non-hydrogen) atoms. The van der Waals surface area contributed by atoms with Gasteiger partial charge in [-0.1, -0.05) is 18.6 Å². The number of rotatable bonds is 6. The van der Waals surface area contributed by atoms with E-state index in [1.165, 1.54) is 23.5 Å². The SMILES string of the molecule is COc1ccc(C(=O)Nc2cccc(-c3csc(C)n3)c2)cc1S(=O)(=O)N1CCCCC1C. The molecule has 1 unspecified atom stereocenters. The van der Waals surface area contributed by atoms with Crippen LogP contribution in [0.3, 0.4) is 0 Å². The number of anilines is 1. The number of methoxy groups -OCH3 is 1. The van der Waals surface area contributed by atoms with Crippen molar-refractivity contribution >= 4 is 33.0 Å². The van der Waals surface area contributed by atoms with E-state index in [0.717, 1.165) is 35.5 Å². The molecule has 1 aliphatic heterocycles. The molecular weight excluding hydrogens is 458 g/mol. The third-order valence-electron chi connectivity index (χ3n) is 5.79. The third kappa shape index (κ3) is 4.95. The fourth-order valence-corrected chi connectivity index (χ4v) is 6.54.